The molecule has 5 nitrogen and oxygen atoms in total. The summed E-state index contributed by atoms with van der Waals surface area (Å²) in [4.78, 5) is 19.8. The summed E-state index contributed by atoms with van der Waals surface area (Å²) in [6.45, 7) is 0.390. The Morgan fingerprint density at radius 3 is 2.72 bits per heavy atom. The van der Waals surface area contributed by atoms with E-state index in [1.165, 1.54) is 12.1 Å². The lowest BCUT2D eigenvalue weighted by Crippen LogP contribution is -2.50. The number of aromatic amines is 1. The average Bonchev–Trinajstić information content (AvgIpc) is 3.19. The molecule has 1 fully saturated rings. The van der Waals surface area contributed by atoms with Crippen LogP contribution in [0.2, 0.25) is 0 Å². The van der Waals surface area contributed by atoms with Crippen LogP contribution >= 0.6 is 11.8 Å². The standard InChI is InChI=1S/C20H19F3N4OS/c21-20(22,23)14-4-2-13(3-5-14)17-9-29-10-18(27-17)19(28)24-8-12-1-6-15-16(7-12)26-11-25-15/h1-7,11,17-18,27H,8-10H2,(H,24,28)(H,25,26)/t17?,18-/m0/s1. The molecule has 152 valence electrons. The molecule has 2 heterocycles. The molecule has 0 radical (unpaired) electrons. The molecule has 2 aromatic carbocycles. The number of hydrogen-bond acceptors (Lipinski definition) is 4. The van der Waals surface area contributed by atoms with Crippen LogP contribution in [0.15, 0.2) is 48.8 Å². The van der Waals surface area contributed by atoms with Crippen molar-refractivity contribution in [2.24, 2.45) is 0 Å². The maximum Gasteiger partial charge on any atom is 0.416 e. The summed E-state index contributed by atoms with van der Waals surface area (Å²) in [6, 6.07) is 10.3. The summed E-state index contributed by atoms with van der Waals surface area (Å²) in [5, 5.41) is 6.19. The first kappa shape index (κ1) is 19.8. The molecule has 2 atom stereocenters. The van der Waals surface area contributed by atoms with Gasteiger partial charge in [0.1, 0.15) is 0 Å². The van der Waals surface area contributed by atoms with Crippen molar-refractivity contribution >= 4 is 28.7 Å². The van der Waals surface area contributed by atoms with E-state index in [1.54, 1.807) is 18.1 Å². The van der Waals surface area contributed by atoms with Crippen molar-refractivity contribution in [1.29, 1.82) is 0 Å². The number of aromatic nitrogens is 2. The smallest absolute Gasteiger partial charge is 0.351 e. The lowest BCUT2D eigenvalue weighted by Gasteiger charge is -2.30. The van der Waals surface area contributed by atoms with E-state index in [0.717, 1.165) is 34.3 Å². The van der Waals surface area contributed by atoms with E-state index < -0.39 is 17.8 Å². The van der Waals surface area contributed by atoms with Crippen LogP contribution in [0.5, 0.6) is 0 Å². The van der Waals surface area contributed by atoms with Gasteiger partial charge in [0.05, 0.1) is 29.0 Å². The fraction of sp³-hybridized carbons (Fsp3) is 0.300. The van der Waals surface area contributed by atoms with Crippen LogP contribution in [0, 0.1) is 0 Å². The molecule has 3 aromatic rings. The fourth-order valence-corrected chi connectivity index (χ4v) is 4.44. The van der Waals surface area contributed by atoms with Crippen molar-refractivity contribution in [2.75, 3.05) is 11.5 Å². The molecule has 0 aliphatic carbocycles. The second-order valence-electron chi connectivity index (χ2n) is 6.90. The number of benzene rings is 2. The van der Waals surface area contributed by atoms with Gasteiger partial charge in [-0.3, -0.25) is 10.1 Å². The highest BCUT2D eigenvalue weighted by Crippen LogP contribution is 2.31. The van der Waals surface area contributed by atoms with Crippen LogP contribution in [-0.2, 0) is 17.5 Å². The zero-order valence-electron chi connectivity index (χ0n) is 15.3. The van der Waals surface area contributed by atoms with Gasteiger partial charge >= 0.3 is 6.18 Å². The Balaban J connectivity index is 1.36. The van der Waals surface area contributed by atoms with E-state index in [2.05, 4.69) is 20.6 Å². The monoisotopic (exact) mass is 420 g/mol. The van der Waals surface area contributed by atoms with Gasteiger partial charge in [-0.25, -0.2) is 4.98 Å². The first-order valence-electron chi connectivity index (χ1n) is 9.11. The van der Waals surface area contributed by atoms with Crippen molar-refractivity contribution in [3.63, 3.8) is 0 Å². The highest BCUT2D eigenvalue weighted by molar-refractivity contribution is 7.99. The molecular weight excluding hydrogens is 401 g/mol. The molecule has 0 saturated carbocycles. The Labute approximate surface area is 169 Å². The molecule has 1 amide bonds. The Hall–Kier alpha value is -2.52. The predicted octanol–water partition coefficient (Wildman–Crippen LogP) is 3.64. The van der Waals surface area contributed by atoms with E-state index in [4.69, 9.17) is 0 Å². The van der Waals surface area contributed by atoms with Crippen LogP contribution < -0.4 is 10.6 Å². The molecule has 0 bridgehead atoms. The summed E-state index contributed by atoms with van der Waals surface area (Å²) in [6.07, 6.45) is -2.73. The Morgan fingerprint density at radius 2 is 1.97 bits per heavy atom. The molecule has 29 heavy (non-hydrogen) atoms. The normalized spacial score (nSPS) is 20.0. The number of alkyl halides is 3. The zero-order valence-corrected chi connectivity index (χ0v) is 16.1. The summed E-state index contributed by atoms with van der Waals surface area (Å²) in [7, 11) is 0. The van der Waals surface area contributed by atoms with Crippen LogP contribution in [0.25, 0.3) is 11.0 Å². The van der Waals surface area contributed by atoms with E-state index in [9.17, 15) is 18.0 Å². The molecule has 0 spiro atoms. The minimum Gasteiger partial charge on any atom is -0.351 e. The van der Waals surface area contributed by atoms with Gasteiger partial charge < -0.3 is 10.3 Å². The number of H-pyrrole nitrogens is 1. The third-order valence-electron chi connectivity index (χ3n) is 4.88. The summed E-state index contributed by atoms with van der Waals surface area (Å²) < 4.78 is 38.2. The van der Waals surface area contributed by atoms with Gasteiger partial charge in [0.25, 0.3) is 0 Å². The molecule has 1 aliphatic rings. The minimum absolute atomic E-state index is 0.126. The number of rotatable bonds is 4. The summed E-state index contributed by atoms with van der Waals surface area (Å²) >= 11 is 1.61. The van der Waals surface area contributed by atoms with Crippen molar-refractivity contribution in [2.45, 2.75) is 24.8 Å². The molecule has 4 rings (SSSR count). The minimum atomic E-state index is -4.35. The summed E-state index contributed by atoms with van der Waals surface area (Å²) in [5.41, 5.74) is 2.80. The van der Waals surface area contributed by atoms with Gasteiger partial charge in [-0.2, -0.15) is 24.9 Å². The fourth-order valence-electron chi connectivity index (χ4n) is 3.30. The third-order valence-corrected chi connectivity index (χ3v) is 6.02. The first-order chi connectivity index (χ1) is 13.9. The predicted molar refractivity (Wildman–Crippen MR) is 106 cm³/mol. The average molecular weight is 420 g/mol. The van der Waals surface area contributed by atoms with Crippen molar-refractivity contribution in [1.82, 2.24) is 20.6 Å². The number of carbonyl (C=O) groups is 1. The SMILES string of the molecule is O=C(NCc1ccc2nc[nH]c2c1)[C@@H]1CSCC(c2ccc(C(F)(F)F)cc2)N1. The number of thioether (sulfide) groups is 1. The maximum absolute atomic E-state index is 12.7. The Bertz CT molecular complexity index is 1000. The topological polar surface area (TPSA) is 69.8 Å². The van der Waals surface area contributed by atoms with Crippen molar-refractivity contribution in [3.8, 4) is 0 Å². The largest absolute Gasteiger partial charge is 0.416 e. The third kappa shape index (κ3) is 4.56. The first-order valence-corrected chi connectivity index (χ1v) is 10.3. The molecule has 1 aromatic heterocycles. The van der Waals surface area contributed by atoms with Gasteiger partial charge in [-0.05, 0) is 35.4 Å². The molecule has 1 saturated heterocycles. The number of carbonyl (C=O) groups excluding carboxylic acids is 1. The van der Waals surface area contributed by atoms with Crippen LogP contribution in [-0.4, -0.2) is 33.4 Å². The lowest BCUT2D eigenvalue weighted by molar-refractivity contribution is -0.137. The van der Waals surface area contributed by atoms with Gasteiger partial charge in [-0.1, -0.05) is 18.2 Å². The molecular formula is C20H19F3N4OS. The van der Waals surface area contributed by atoms with Crippen molar-refractivity contribution < 1.29 is 18.0 Å². The van der Waals surface area contributed by atoms with Gasteiger partial charge in [-0.15, -0.1) is 0 Å². The number of imidazole rings is 1. The van der Waals surface area contributed by atoms with E-state index in [1.807, 2.05) is 18.2 Å². The lowest BCUT2D eigenvalue weighted by atomic mass is 10.0. The maximum atomic E-state index is 12.7. The second-order valence-corrected chi connectivity index (χ2v) is 7.98. The Morgan fingerprint density at radius 1 is 1.17 bits per heavy atom. The van der Waals surface area contributed by atoms with Gasteiger partial charge in [0.15, 0.2) is 0 Å². The second kappa shape index (κ2) is 8.08. The van der Waals surface area contributed by atoms with E-state index in [0.29, 0.717) is 18.1 Å². The van der Waals surface area contributed by atoms with Crippen LogP contribution in [0.1, 0.15) is 22.7 Å². The van der Waals surface area contributed by atoms with Gasteiger partial charge in [0, 0.05) is 24.1 Å². The van der Waals surface area contributed by atoms with E-state index in [-0.39, 0.29) is 11.9 Å². The van der Waals surface area contributed by atoms with Crippen LogP contribution in [0.3, 0.4) is 0 Å². The number of nitrogens with zero attached hydrogens (tertiary/aromatic N) is 1. The molecule has 1 aliphatic heterocycles. The highest BCUT2D eigenvalue weighted by Gasteiger charge is 2.31. The van der Waals surface area contributed by atoms with Crippen molar-refractivity contribution in [3.05, 3.63) is 65.5 Å². The number of nitrogens with one attached hydrogen (secondary N) is 3. The zero-order chi connectivity index (χ0) is 20.4. The van der Waals surface area contributed by atoms with Gasteiger partial charge in [0.2, 0.25) is 5.91 Å². The quantitative estimate of drug-likeness (QED) is 0.603. The highest BCUT2D eigenvalue weighted by atomic mass is 32.2. The number of fused-ring (bicyclic) bond motifs is 1. The summed E-state index contributed by atoms with van der Waals surface area (Å²) in [5.74, 6) is 1.19. The van der Waals surface area contributed by atoms with E-state index >= 15 is 0 Å². The molecule has 3 N–H and O–H groups in total. The molecule has 9 heteroatoms. The molecule has 1 unspecified atom stereocenters. The van der Waals surface area contributed by atoms with Crippen LogP contribution in [0.4, 0.5) is 13.2 Å². The Kier molecular flexibility index (Phi) is 5.51. The number of halogens is 3. The number of hydrogen-bond donors (Lipinski definition) is 3. The number of amides is 1.